The summed E-state index contributed by atoms with van der Waals surface area (Å²) in [6, 6.07) is 1.30. The number of nitrogens with one attached hydrogen (secondary N) is 1. The van der Waals surface area contributed by atoms with Crippen LogP contribution >= 0.6 is 11.6 Å². The number of nitrogens with two attached hydrogens (primary N) is 1. The number of rotatable bonds is 3. The van der Waals surface area contributed by atoms with Crippen molar-refractivity contribution in [2.45, 2.75) is 37.0 Å². The Hall–Kier alpha value is -1.34. The van der Waals surface area contributed by atoms with Gasteiger partial charge in [0.1, 0.15) is 15.7 Å². The molecule has 116 valence electrons. The smallest absolute Gasteiger partial charge is 0.253 e. The summed E-state index contributed by atoms with van der Waals surface area (Å²) in [5.41, 5.74) is 5.81. The second kappa shape index (κ2) is 6.19. The van der Waals surface area contributed by atoms with Gasteiger partial charge in [-0.15, -0.1) is 0 Å². The lowest BCUT2D eigenvalue weighted by Gasteiger charge is -2.28. The van der Waals surface area contributed by atoms with Crippen LogP contribution in [0.1, 0.15) is 36.0 Å². The van der Waals surface area contributed by atoms with E-state index in [4.69, 9.17) is 17.3 Å². The molecule has 0 bridgehead atoms. The maximum atomic E-state index is 12.1. The summed E-state index contributed by atoms with van der Waals surface area (Å²) in [5, 5.41) is 2.68. The predicted octanol–water partition coefficient (Wildman–Crippen LogP) is 1.40. The fourth-order valence-electron chi connectivity index (χ4n) is 2.51. The first kappa shape index (κ1) is 16.0. The molecule has 0 aromatic carbocycles. The molecule has 2 unspecified atom stereocenters. The monoisotopic (exact) mass is 331 g/mol. The van der Waals surface area contributed by atoms with Gasteiger partial charge in [0.2, 0.25) is 0 Å². The lowest BCUT2D eigenvalue weighted by atomic mass is 9.95. The van der Waals surface area contributed by atoms with Crippen molar-refractivity contribution in [2.75, 3.05) is 12.0 Å². The molecular formula is C13H18ClN3O3S. The highest BCUT2D eigenvalue weighted by Crippen LogP contribution is 2.24. The molecule has 2 atom stereocenters. The van der Waals surface area contributed by atoms with Crippen molar-refractivity contribution in [1.29, 1.82) is 0 Å². The molecular weight excluding hydrogens is 314 g/mol. The van der Waals surface area contributed by atoms with Gasteiger partial charge < -0.3 is 11.1 Å². The van der Waals surface area contributed by atoms with E-state index >= 15 is 0 Å². The van der Waals surface area contributed by atoms with Gasteiger partial charge in [0.25, 0.3) is 5.91 Å². The Balaban J connectivity index is 2.03. The molecule has 0 aliphatic heterocycles. The number of carbonyl (C=O) groups excluding carboxylic acids is 1. The van der Waals surface area contributed by atoms with Gasteiger partial charge in [-0.1, -0.05) is 18.0 Å². The molecule has 1 saturated carbocycles. The number of anilines is 1. The zero-order valence-electron chi connectivity index (χ0n) is 11.7. The van der Waals surface area contributed by atoms with E-state index in [2.05, 4.69) is 10.3 Å². The summed E-state index contributed by atoms with van der Waals surface area (Å²) >= 11 is 5.84. The minimum Gasteiger partial charge on any atom is -0.382 e. The Morgan fingerprint density at radius 3 is 2.81 bits per heavy atom. The molecule has 1 fully saturated rings. The molecule has 0 radical (unpaired) electrons. The first-order chi connectivity index (χ1) is 9.77. The number of nitrogens with zero attached hydrogens (tertiary/aromatic N) is 1. The lowest BCUT2D eigenvalue weighted by Crippen LogP contribution is -2.41. The van der Waals surface area contributed by atoms with E-state index in [1.54, 1.807) is 0 Å². The van der Waals surface area contributed by atoms with E-state index in [-0.39, 0.29) is 28.0 Å². The number of nitrogen functional groups attached to an aromatic ring is 1. The van der Waals surface area contributed by atoms with Crippen molar-refractivity contribution >= 4 is 33.2 Å². The van der Waals surface area contributed by atoms with Gasteiger partial charge in [-0.3, -0.25) is 4.79 Å². The van der Waals surface area contributed by atoms with Gasteiger partial charge >= 0.3 is 0 Å². The summed E-state index contributed by atoms with van der Waals surface area (Å²) in [6.07, 6.45) is 5.25. The summed E-state index contributed by atoms with van der Waals surface area (Å²) in [6.45, 7) is 0. The zero-order chi connectivity index (χ0) is 15.6. The van der Waals surface area contributed by atoms with Gasteiger partial charge in [0.15, 0.2) is 0 Å². The molecule has 8 heteroatoms. The molecule has 6 nitrogen and oxygen atoms in total. The maximum absolute atomic E-state index is 12.1. The molecule has 21 heavy (non-hydrogen) atoms. The van der Waals surface area contributed by atoms with Crippen LogP contribution in [0.3, 0.4) is 0 Å². The van der Waals surface area contributed by atoms with Crippen LogP contribution in [0.2, 0.25) is 5.02 Å². The Morgan fingerprint density at radius 2 is 2.19 bits per heavy atom. The number of sulfone groups is 1. The quantitative estimate of drug-likeness (QED) is 0.871. The highest BCUT2D eigenvalue weighted by atomic mass is 35.5. The van der Waals surface area contributed by atoms with Crippen molar-refractivity contribution in [3.05, 3.63) is 22.8 Å². The minimum absolute atomic E-state index is 0.151. The normalized spacial score (nSPS) is 22.8. The Bertz CT molecular complexity index is 648. The van der Waals surface area contributed by atoms with Gasteiger partial charge in [-0.25, -0.2) is 13.4 Å². The largest absolute Gasteiger partial charge is 0.382 e. The molecule has 1 amide bonds. The van der Waals surface area contributed by atoms with Crippen LogP contribution in [0.25, 0.3) is 0 Å². The van der Waals surface area contributed by atoms with E-state index in [1.165, 1.54) is 18.5 Å². The molecule has 2 rings (SSSR count). The standard InChI is InChI=1S/C13H18ClN3O3S/c1-21(19,20)10-4-2-3-9(6-10)17-13(18)8-5-11(14)12(15)16-7-8/h5,7,9-10H,2-4,6H2,1H3,(H2,15,16)(H,17,18). The van der Waals surface area contributed by atoms with Crippen LogP contribution in [0.5, 0.6) is 0 Å². The number of pyridine rings is 1. The van der Waals surface area contributed by atoms with Crippen molar-refractivity contribution in [1.82, 2.24) is 10.3 Å². The summed E-state index contributed by atoms with van der Waals surface area (Å²) in [4.78, 5) is 16.0. The first-order valence-electron chi connectivity index (χ1n) is 6.68. The Labute approximate surface area is 129 Å². The third-order valence-electron chi connectivity index (χ3n) is 3.70. The fourth-order valence-corrected chi connectivity index (χ4v) is 3.85. The highest BCUT2D eigenvalue weighted by Gasteiger charge is 2.29. The summed E-state index contributed by atoms with van der Waals surface area (Å²) < 4.78 is 23.2. The lowest BCUT2D eigenvalue weighted by molar-refractivity contribution is 0.0927. The topological polar surface area (TPSA) is 102 Å². The van der Waals surface area contributed by atoms with Crippen LogP contribution in [-0.2, 0) is 9.84 Å². The molecule has 1 aromatic heterocycles. The van der Waals surface area contributed by atoms with Crippen LogP contribution in [-0.4, -0.2) is 36.9 Å². The third-order valence-corrected chi connectivity index (χ3v) is 5.64. The number of aromatic nitrogens is 1. The predicted molar refractivity (Wildman–Crippen MR) is 82.0 cm³/mol. The van der Waals surface area contributed by atoms with E-state index in [0.29, 0.717) is 18.4 Å². The molecule has 1 aromatic rings. The zero-order valence-corrected chi connectivity index (χ0v) is 13.2. The van der Waals surface area contributed by atoms with E-state index in [0.717, 1.165) is 12.8 Å². The minimum atomic E-state index is -3.07. The van der Waals surface area contributed by atoms with E-state index < -0.39 is 9.84 Å². The summed E-state index contributed by atoms with van der Waals surface area (Å²) in [5.74, 6) is -0.147. The van der Waals surface area contributed by atoms with E-state index in [1.807, 2.05) is 0 Å². The second-order valence-electron chi connectivity index (χ2n) is 5.38. The first-order valence-corrected chi connectivity index (χ1v) is 9.01. The van der Waals surface area contributed by atoms with Crippen molar-refractivity contribution in [3.8, 4) is 0 Å². The average Bonchev–Trinajstić information content (AvgIpc) is 2.41. The number of halogens is 1. The average molecular weight is 332 g/mol. The molecule has 3 N–H and O–H groups in total. The molecule has 1 aliphatic rings. The Kier molecular flexibility index (Phi) is 4.73. The SMILES string of the molecule is CS(=O)(=O)C1CCCC(NC(=O)c2cnc(N)c(Cl)c2)C1. The van der Waals surface area contributed by atoms with E-state index in [9.17, 15) is 13.2 Å². The Morgan fingerprint density at radius 1 is 1.48 bits per heavy atom. The van der Waals surface area contributed by atoms with Gasteiger partial charge in [-0.2, -0.15) is 0 Å². The van der Waals surface area contributed by atoms with Crippen LogP contribution in [0, 0.1) is 0 Å². The molecule has 1 heterocycles. The number of hydrogen-bond acceptors (Lipinski definition) is 5. The highest BCUT2D eigenvalue weighted by molar-refractivity contribution is 7.91. The van der Waals surface area contributed by atoms with Gasteiger partial charge in [-0.05, 0) is 25.3 Å². The van der Waals surface area contributed by atoms with Crippen molar-refractivity contribution < 1.29 is 13.2 Å². The second-order valence-corrected chi connectivity index (χ2v) is 8.11. The third kappa shape index (κ3) is 4.07. The molecule has 0 spiro atoms. The van der Waals surface area contributed by atoms with Crippen LogP contribution in [0.15, 0.2) is 12.3 Å². The number of carbonyl (C=O) groups is 1. The van der Waals surface area contributed by atoms with Gasteiger partial charge in [0, 0.05) is 18.5 Å². The van der Waals surface area contributed by atoms with Crippen molar-refractivity contribution in [2.24, 2.45) is 0 Å². The maximum Gasteiger partial charge on any atom is 0.253 e. The summed E-state index contributed by atoms with van der Waals surface area (Å²) in [7, 11) is -3.07. The van der Waals surface area contributed by atoms with Crippen LogP contribution < -0.4 is 11.1 Å². The molecule has 0 saturated heterocycles. The number of amides is 1. The van der Waals surface area contributed by atoms with Gasteiger partial charge in [0.05, 0.1) is 15.8 Å². The fraction of sp³-hybridized carbons (Fsp3) is 0.538. The van der Waals surface area contributed by atoms with Crippen molar-refractivity contribution in [3.63, 3.8) is 0 Å². The van der Waals surface area contributed by atoms with Crippen LogP contribution in [0.4, 0.5) is 5.82 Å². The number of hydrogen-bond donors (Lipinski definition) is 2. The molecule has 1 aliphatic carbocycles.